The summed E-state index contributed by atoms with van der Waals surface area (Å²) in [5.41, 5.74) is 0.0496. The number of carbonyl (C=O) groups excluding carboxylic acids is 1. The van der Waals surface area contributed by atoms with Gasteiger partial charge in [0.25, 0.3) is 0 Å². The van der Waals surface area contributed by atoms with Crippen molar-refractivity contribution in [2.45, 2.75) is 18.4 Å². The van der Waals surface area contributed by atoms with Crippen LogP contribution in [0.4, 0.5) is 0 Å². The molecule has 1 aromatic carbocycles. The number of carbonyl (C=O) groups is 1. The molecule has 1 aliphatic rings. The number of methoxy groups -OCH3 is 1. The van der Waals surface area contributed by atoms with E-state index in [9.17, 15) is 4.79 Å². The summed E-state index contributed by atoms with van der Waals surface area (Å²) < 4.78 is 4.89. The van der Waals surface area contributed by atoms with Crippen LogP contribution in [0, 0.1) is 0 Å². The molecule has 0 amide bonds. The van der Waals surface area contributed by atoms with Crippen molar-refractivity contribution >= 4 is 17.6 Å². The molecule has 0 aliphatic carbocycles. The molecule has 0 aromatic heterocycles. The van der Waals surface area contributed by atoms with Crippen molar-refractivity contribution in [3.8, 4) is 0 Å². The fourth-order valence-corrected chi connectivity index (χ4v) is 2.54. The second-order valence-electron chi connectivity index (χ2n) is 3.91. The Hall–Kier alpha value is -1.06. The van der Waals surface area contributed by atoms with E-state index in [0.29, 0.717) is 5.02 Å². The summed E-state index contributed by atoms with van der Waals surface area (Å²) in [7, 11) is 1.40. The molecule has 1 heterocycles. The van der Waals surface area contributed by atoms with Gasteiger partial charge in [-0.3, -0.25) is 5.32 Å². The van der Waals surface area contributed by atoms with Crippen molar-refractivity contribution in [3.63, 3.8) is 0 Å². The molecule has 0 spiro atoms. The summed E-state index contributed by atoms with van der Waals surface area (Å²) in [5.74, 6) is -0.266. The van der Waals surface area contributed by atoms with Gasteiger partial charge in [-0.05, 0) is 25.5 Å². The molecule has 1 aliphatic heterocycles. The van der Waals surface area contributed by atoms with E-state index in [0.717, 1.165) is 24.9 Å². The first-order valence-electron chi connectivity index (χ1n) is 5.29. The molecule has 86 valence electrons. The molecule has 3 nitrogen and oxygen atoms in total. The van der Waals surface area contributed by atoms with Gasteiger partial charge in [0.15, 0.2) is 0 Å². The number of rotatable bonds is 2. The fraction of sp³-hybridized carbons (Fsp3) is 0.417. The van der Waals surface area contributed by atoms with E-state index < -0.39 is 5.54 Å². The van der Waals surface area contributed by atoms with Crippen molar-refractivity contribution in [1.29, 1.82) is 0 Å². The van der Waals surface area contributed by atoms with Crippen LogP contribution in [0.25, 0.3) is 0 Å². The van der Waals surface area contributed by atoms with Crippen LogP contribution >= 0.6 is 11.6 Å². The molecule has 0 bridgehead atoms. The quantitative estimate of drug-likeness (QED) is 0.804. The SMILES string of the molecule is COC(=O)C1(c2ccccc2Cl)CCCN1. The lowest BCUT2D eigenvalue weighted by Gasteiger charge is -2.27. The molecule has 1 aromatic rings. The summed E-state index contributed by atoms with van der Waals surface area (Å²) >= 11 is 6.15. The summed E-state index contributed by atoms with van der Waals surface area (Å²) in [4.78, 5) is 11.9. The summed E-state index contributed by atoms with van der Waals surface area (Å²) in [6.45, 7) is 0.806. The highest BCUT2D eigenvalue weighted by atomic mass is 35.5. The van der Waals surface area contributed by atoms with E-state index in [4.69, 9.17) is 16.3 Å². The summed E-state index contributed by atoms with van der Waals surface area (Å²) in [6.07, 6.45) is 1.67. The van der Waals surface area contributed by atoms with Gasteiger partial charge in [0.2, 0.25) is 0 Å². The molecular formula is C12H14ClNO2. The molecule has 1 N–H and O–H groups in total. The number of benzene rings is 1. The van der Waals surface area contributed by atoms with Crippen LogP contribution in [0.2, 0.25) is 5.02 Å². The zero-order chi connectivity index (χ0) is 11.6. The van der Waals surface area contributed by atoms with E-state index in [1.807, 2.05) is 18.2 Å². The highest BCUT2D eigenvalue weighted by Gasteiger charge is 2.44. The van der Waals surface area contributed by atoms with Crippen molar-refractivity contribution in [1.82, 2.24) is 5.32 Å². The number of halogens is 1. The van der Waals surface area contributed by atoms with Crippen LogP contribution in [0.3, 0.4) is 0 Å². The zero-order valence-corrected chi connectivity index (χ0v) is 9.88. The number of esters is 1. The van der Waals surface area contributed by atoms with E-state index in [1.165, 1.54) is 7.11 Å². The molecule has 0 radical (unpaired) electrons. The first-order chi connectivity index (χ1) is 7.70. The van der Waals surface area contributed by atoms with Crippen molar-refractivity contribution in [2.24, 2.45) is 0 Å². The summed E-state index contributed by atoms with van der Waals surface area (Å²) in [6, 6.07) is 7.40. The van der Waals surface area contributed by atoms with Crippen molar-refractivity contribution in [2.75, 3.05) is 13.7 Å². The fourth-order valence-electron chi connectivity index (χ4n) is 2.24. The second-order valence-corrected chi connectivity index (χ2v) is 4.31. The largest absolute Gasteiger partial charge is 0.467 e. The zero-order valence-electron chi connectivity index (χ0n) is 9.13. The summed E-state index contributed by atoms with van der Waals surface area (Å²) in [5, 5.41) is 3.82. The number of hydrogen-bond acceptors (Lipinski definition) is 3. The minimum absolute atomic E-state index is 0.266. The second kappa shape index (κ2) is 4.44. The van der Waals surface area contributed by atoms with Crippen LogP contribution in [-0.4, -0.2) is 19.6 Å². The highest BCUT2D eigenvalue weighted by molar-refractivity contribution is 6.31. The van der Waals surface area contributed by atoms with Gasteiger partial charge in [0.1, 0.15) is 5.54 Å². The molecule has 4 heteroatoms. The third kappa shape index (κ3) is 1.70. The Morgan fingerprint density at radius 2 is 2.25 bits per heavy atom. The topological polar surface area (TPSA) is 38.3 Å². The first kappa shape index (κ1) is 11.4. The van der Waals surface area contributed by atoms with Gasteiger partial charge in [-0.25, -0.2) is 4.79 Å². The van der Waals surface area contributed by atoms with Crippen LogP contribution < -0.4 is 5.32 Å². The maximum Gasteiger partial charge on any atom is 0.330 e. The lowest BCUT2D eigenvalue weighted by Crippen LogP contribution is -2.45. The molecule has 2 rings (SSSR count). The first-order valence-corrected chi connectivity index (χ1v) is 5.67. The minimum atomic E-state index is -0.757. The van der Waals surface area contributed by atoms with Crippen LogP contribution in [0.15, 0.2) is 24.3 Å². The Morgan fingerprint density at radius 3 is 2.81 bits per heavy atom. The molecule has 16 heavy (non-hydrogen) atoms. The van der Waals surface area contributed by atoms with E-state index in [1.54, 1.807) is 6.07 Å². The van der Waals surface area contributed by atoms with E-state index >= 15 is 0 Å². The van der Waals surface area contributed by atoms with Gasteiger partial charge in [-0.2, -0.15) is 0 Å². The molecule has 1 unspecified atom stereocenters. The lowest BCUT2D eigenvalue weighted by molar-refractivity contribution is -0.148. The average Bonchev–Trinajstić information content (AvgIpc) is 2.79. The Labute approximate surface area is 99.7 Å². The lowest BCUT2D eigenvalue weighted by atomic mass is 9.88. The predicted molar refractivity (Wildman–Crippen MR) is 62.4 cm³/mol. The maximum absolute atomic E-state index is 11.9. The van der Waals surface area contributed by atoms with Crippen LogP contribution in [-0.2, 0) is 15.1 Å². The Balaban J connectivity index is 2.48. The number of ether oxygens (including phenoxy) is 1. The van der Waals surface area contributed by atoms with Crippen LogP contribution in [0.1, 0.15) is 18.4 Å². The average molecular weight is 240 g/mol. The highest BCUT2D eigenvalue weighted by Crippen LogP contribution is 2.36. The third-order valence-electron chi connectivity index (χ3n) is 3.02. The molecule has 1 atom stereocenters. The standard InChI is InChI=1S/C12H14ClNO2/c1-16-11(15)12(7-4-8-14-12)9-5-2-3-6-10(9)13/h2-3,5-6,14H,4,7-8H2,1H3. The Bertz CT molecular complexity index is 400. The number of nitrogens with one attached hydrogen (secondary N) is 1. The van der Waals surface area contributed by atoms with Gasteiger partial charge in [0, 0.05) is 10.6 Å². The predicted octanol–water partition coefficient (Wildman–Crippen LogP) is 2.09. The molecule has 1 fully saturated rings. The molecule has 0 saturated carbocycles. The molecule has 1 saturated heterocycles. The van der Waals surface area contributed by atoms with Gasteiger partial charge < -0.3 is 4.74 Å². The van der Waals surface area contributed by atoms with Gasteiger partial charge in [-0.1, -0.05) is 29.8 Å². The van der Waals surface area contributed by atoms with Gasteiger partial charge in [-0.15, -0.1) is 0 Å². The van der Waals surface area contributed by atoms with Gasteiger partial charge in [0.05, 0.1) is 7.11 Å². The maximum atomic E-state index is 11.9. The smallest absolute Gasteiger partial charge is 0.330 e. The van der Waals surface area contributed by atoms with Crippen molar-refractivity contribution < 1.29 is 9.53 Å². The van der Waals surface area contributed by atoms with E-state index in [2.05, 4.69) is 5.32 Å². The normalized spacial score (nSPS) is 24.4. The molecular weight excluding hydrogens is 226 g/mol. The van der Waals surface area contributed by atoms with Crippen molar-refractivity contribution in [3.05, 3.63) is 34.9 Å². The third-order valence-corrected chi connectivity index (χ3v) is 3.35. The van der Waals surface area contributed by atoms with Crippen LogP contribution in [0.5, 0.6) is 0 Å². The van der Waals surface area contributed by atoms with Gasteiger partial charge >= 0.3 is 5.97 Å². The number of hydrogen-bond donors (Lipinski definition) is 1. The Morgan fingerprint density at radius 1 is 1.50 bits per heavy atom. The monoisotopic (exact) mass is 239 g/mol. The Kier molecular flexibility index (Phi) is 3.17. The van der Waals surface area contributed by atoms with E-state index in [-0.39, 0.29) is 5.97 Å². The minimum Gasteiger partial charge on any atom is -0.467 e.